The van der Waals surface area contributed by atoms with Gasteiger partial charge in [-0.3, -0.25) is 9.69 Å². The van der Waals surface area contributed by atoms with Crippen LogP contribution in [0.25, 0.3) is 0 Å². The van der Waals surface area contributed by atoms with Gasteiger partial charge in [-0.1, -0.05) is 0 Å². The summed E-state index contributed by atoms with van der Waals surface area (Å²) >= 11 is 1.41. The minimum atomic E-state index is -4.71. The second-order valence-corrected chi connectivity index (χ2v) is 8.72. The molecule has 3 N–H and O–H groups in total. The van der Waals surface area contributed by atoms with Crippen LogP contribution in [0.5, 0.6) is 0 Å². The average Bonchev–Trinajstić information content (AvgIpc) is 3.21. The summed E-state index contributed by atoms with van der Waals surface area (Å²) in [6, 6.07) is 1.97. The number of amides is 1. The second-order valence-electron chi connectivity index (χ2n) is 7.76. The number of aromatic nitrogens is 2. The molecule has 1 aliphatic rings. The Morgan fingerprint density at radius 3 is 2.68 bits per heavy atom. The number of aliphatic hydroxyl groups excluding tert-OH is 1. The smallest absolute Gasteiger partial charge is 0.395 e. The molecule has 1 aliphatic heterocycles. The van der Waals surface area contributed by atoms with Crippen molar-refractivity contribution in [3.63, 3.8) is 0 Å². The first-order chi connectivity index (χ1) is 16.2. The van der Waals surface area contributed by atoms with Gasteiger partial charge >= 0.3 is 6.18 Å². The Bertz CT molecular complexity index is 1170. The summed E-state index contributed by atoms with van der Waals surface area (Å²) in [6.45, 7) is 2.25. The molecule has 34 heavy (non-hydrogen) atoms. The van der Waals surface area contributed by atoms with Crippen LogP contribution in [0.2, 0.25) is 0 Å². The van der Waals surface area contributed by atoms with Gasteiger partial charge in [0.05, 0.1) is 17.7 Å². The summed E-state index contributed by atoms with van der Waals surface area (Å²) in [4.78, 5) is 24.3. The second kappa shape index (κ2) is 10.0. The minimum Gasteiger partial charge on any atom is -0.395 e. The van der Waals surface area contributed by atoms with Crippen LogP contribution in [0, 0.1) is 5.82 Å². The Morgan fingerprint density at radius 1 is 1.21 bits per heavy atom. The Morgan fingerprint density at radius 2 is 1.97 bits per heavy atom. The summed E-state index contributed by atoms with van der Waals surface area (Å²) in [5, 5.41) is 15.8. The van der Waals surface area contributed by atoms with Crippen molar-refractivity contribution in [2.24, 2.45) is 0 Å². The van der Waals surface area contributed by atoms with Gasteiger partial charge in [0.15, 0.2) is 0 Å². The molecular formula is C22H21F4N5O2S. The molecule has 0 atom stereocenters. The molecule has 0 saturated carbocycles. The van der Waals surface area contributed by atoms with Gasteiger partial charge in [-0.15, -0.1) is 11.3 Å². The number of nitrogens with one attached hydrogen (secondary N) is 2. The van der Waals surface area contributed by atoms with Crippen LogP contribution in [0.1, 0.15) is 31.9 Å². The van der Waals surface area contributed by atoms with Gasteiger partial charge < -0.3 is 15.7 Å². The van der Waals surface area contributed by atoms with Gasteiger partial charge in [-0.05, 0) is 30.2 Å². The molecule has 7 nitrogen and oxygen atoms in total. The van der Waals surface area contributed by atoms with Crippen molar-refractivity contribution in [1.82, 2.24) is 14.9 Å². The van der Waals surface area contributed by atoms with E-state index in [-0.39, 0.29) is 12.3 Å². The summed E-state index contributed by atoms with van der Waals surface area (Å²) in [5.74, 6) is -1.20. The van der Waals surface area contributed by atoms with E-state index < -0.39 is 23.5 Å². The first-order valence-corrected chi connectivity index (χ1v) is 11.3. The van der Waals surface area contributed by atoms with E-state index in [2.05, 4.69) is 25.5 Å². The zero-order chi connectivity index (χ0) is 24.3. The molecule has 3 heterocycles. The maximum atomic E-state index is 13.6. The molecule has 2 aromatic heterocycles. The summed E-state index contributed by atoms with van der Waals surface area (Å²) < 4.78 is 52.5. The molecule has 4 rings (SSSR count). The van der Waals surface area contributed by atoms with Crippen molar-refractivity contribution in [2.75, 3.05) is 30.3 Å². The van der Waals surface area contributed by atoms with Crippen molar-refractivity contribution in [2.45, 2.75) is 25.7 Å². The lowest BCUT2D eigenvalue weighted by atomic mass is 10.0. The van der Waals surface area contributed by atoms with Gasteiger partial charge in [0.1, 0.15) is 5.82 Å². The molecular weight excluding hydrogens is 474 g/mol. The Hall–Kier alpha value is -3.09. The monoisotopic (exact) mass is 495 g/mol. The fourth-order valence-electron chi connectivity index (χ4n) is 3.68. The molecule has 1 aromatic carbocycles. The van der Waals surface area contributed by atoms with E-state index in [1.165, 1.54) is 11.3 Å². The lowest BCUT2D eigenvalue weighted by Crippen LogP contribution is -2.30. The van der Waals surface area contributed by atoms with Crippen LogP contribution >= 0.6 is 11.3 Å². The van der Waals surface area contributed by atoms with Gasteiger partial charge in [-0.2, -0.15) is 13.2 Å². The van der Waals surface area contributed by atoms with Crippen molar-refractivity contribution >= 4 is 28.9 Å². The third-order valence-electron chi connectivity index (χ3n) is 5.26. The number of hydrogen-bond donors (Lipinski definition) is 3. The number of carbonyl (C=O) groups is 1. The number of thiophene rings is 1. The van der Waals surface area contributed by atoms with Gasteiger partial charge in [0.2, 0.25) is 5.95 Å². The van der Waals surface area contributed by atoms with E-state index in [0.717, 1.165) is 22.1 Å². The van der Waals surface area contributed by atoms with E-state index >= 15 is 0 Å². The van der Waals surface area contributed by atoms with Crippen LogP contribution in [-0.4, -0.2) is 45.6 Å². The first kappa shape index (κ1) is 24.0. The molecule has 0 radical (unpaired) electrons. The van der Waals surface area contributed by atoms with E-state index in [1.54, 1.807) is 17.8 Å². The first-order valence-electron chi connectivity index (χ1n) is 10.4. The summed E-state index contributed by atoms with van der Waals surface area (Å²) in [5.41, 5.74) is 0.754. The highest BCUT2D eigenvalue weighted by atomic mass is 32.1. The Kier molecular flexibility index (Phi) is 7.10. The number of rotatable bonds is 7. The van der Waals surface area contributed by atoms with E-state index in [1.807, 2.05) is 0 Å². The summed E-state index contributed by atoms with van der Waals surface area (Å²) in [6.07, 6.45) is -0.698. The number of aliphatic hydroxyl groups is 1. The van der Waals surface area contributed by atoms with E-state index in [0.29, 0.717) is 56.2 Å². The molecule has 3 aromatic rings. The number of alkyl halides is 3. The number of nitrogens with zero attached hydrogens (tertiary/aromatic N) is 3. The fourth-order valence-corrected chi connectivity index (χ4v) is 4.81. The molecule has 0 saturated heterocycles. The lowest BCUT2D eigenvalue weighted by Gasteiger charge is -2.27. The van der Waals surface area contributed by atoms with E-state index in [4.69, 9.17) is 5.11 Å². The van der Waals surface area contributed by atoms with Crippen LogP contribution in [0.15, 0.2) is 36.0 Å². The quantitative estimate of drug-likeness (QED) is 0.431. The predicted octanol–water partition coefficient (Wildman–Crippen LogP) is 3.91. The zero-order valence-electron chi connectivity index (χ0n) is 17.8. The van der Waals surface area contributed by atoms with Crippen molar-refractivity contribution in [1.29, 1.82) is 0 Å². The van der Waals surface area contributed by atoms with Crippen LogP contribution in [0.4, 0.5) is 29.2 Å². The molecule has 180 valence electrons. The zero-order valence-corrected chi connectivity index (χ0v) is 18.6. The normalized spacial score (nSPS) is 14.0. The highest BCUT2D eigenvalue weighted by molar-refractivity contribution is 7.10. The number of hydrogen-bond acceptors (Lipinski definition) is 7. The molecule has 1 amide bonds. The van der Waals surface area contributed by atoms with Gasteiger partial charge in [0, 0.05) is 60.1 Å². The number of carbonyl (C=O) groups excluding carboxylic acids is 1. The van der Waals surface area contributed by atoms with Crippen molar-refractivity contribution in [3.05, 3.63) is 68.9 Å². The Labute approximate surface area is 196 Å². The summed E-state index contributed by atoms with van der Waals surface area (Å²) in [7, 11) is 0. The average molecular weight is 496 g/mol. The molecule has 0 aliphatic carbocycles. The van der Waals surface area contributed by atoms with E-state index in [9.17, 15) is 22.4 Å². The predicted molar refractivity (Wildman–Crippen MR) is 119 cm³/mol. The third-order valence-corrected chi connectivity index (χ3v) is 6.27. The molecule has 0 fully saturated rings. The number of benzene rings is 1. The number of anilines is 2. The maximum absolute atomic E-state index is 13.6. The fraction of sp³-hybridized carbons (Fsp3) is 0.318. The largest absolute Gasteiger partial charge is 0.416 e. The maximum Gasteiger partial charge on any atom is 0.416 e. The van der Waals surface area contributed by atoms with Crippen LogP contribution in [-0.2, 0) is 25.7 Å². The number of halogens is 4. The molecule has 0 spiro atoms. The highest BCUT2D eigenvalue weighted by Gasteiger charge is 2.32. The topological polar surface area (TPSA) is 90.4 Å². The standard InChI is InChI=1S/C22H21F4N5O2S/c23-15-5-14(22(24,25)26)6-16(7-15)30-20(33)18-12-34-19-11-31(3-1-17(18)19)10-13-8-28-21(29-9-13)27-2-4-32/h5-9,12,32H,1-4,10-11H2,(H,30,33)(H,27,28,29). The van der Waals surface area contributed by atoms with Gasteiger partial charge in [-0.25, -0.2) is 14.4 Å². The molecule has 12 heteroatoms. The van der Waals surface area contributed by atoms with Crippen molar-refractivity contribution in [3.8, 4) is 0 Å². The SMILES string of the molecule is O=C(Nc1cc(F)cc(C(F)(F)F)c1)c1csc2c1CCN(Cc1cnc(NCCO)nc1)C2. The van der Waals surface area contributed by atoms with Crippen LogP contribution in [0.3, 0.4) is 0 Å². The molecule has 0 unspecified atom stereocenters. The van der Waals surface area contributed by atoms with Crippen molar-refractivity contribution < 1.29 is 27.5 Å². The third kappa shape index (κ3) is 5.69. The number of fused-ring (bicyclic) bond motifs is 1. The minimum absolute atomic E-state index is 0.0150. The highest BCUT2D eigenvalue weighted by Crippen LogP contribution is 2.33. The lowest BCUT2D eigenvalue weighted by molar-refractivity contribution is -0.137. The van der Waals surface area contributed by atoms with Gasteiger partial charge in [0.25, 0.3) is 5.91 Å². The Balaban J connectivity index is 1.41. The molecule has 0 bridgehead atoms. The van der Waals surface area contributed by atoms with Crippen LogP contribution < -0.4 is 10.6 Å².